The Balaban J connectivity index is 2.22. The fourth-order valence-corrected chi connectivity index (χ4v) is 5.53. The second kappa shape index (κ2) is 15.9. The van der Waals surface area contributed by atoms with E-state index >= 15 is 0 Å². The van der Waals surface area contributed by atoms with Crippen molar-refractivity contribution in [3.8, 4) is 0 Å². The number of hydrazine groups is 1. The van der Waals surface area contributed by atoms with Gasteiger partial charge in [0.25, 0.3) is 5.96 Å². The lowest BCUT2D eigenvalue weighted by molar-refractivity contribution is -0.525. The van der Waals surface area contributed by atoms with Crippen molar-refractivity contribution in [2.45, 2.75) is 77.8 Å². The van der Waals surface area contributed by atoms with Gasteiger partial charge in [0.1, 0.15) is 6.04 Å². The molecular weight excluding hydrogens is 528 g/mol. The molecule has 0 radical (unpaired) electrons. The SMILES string of the molecule is CC1CCC(C[C@H](C(=O)N[C@@H](CCCN=C(N)N[N+](=O)[O-])C(=O)Nc2nccs2)[C@H](C(C)C)N(O)C=O)CC1. The number of nitrogens with two attached hydrogens (primary N) is 1. The standard InChI is InChI=1S/C24H40N8O6S/c1-15(2)20(31(36)14-33)18(13-17-8-6-16(3)7-9-17)21(34)28-19(22(35)29-24-27-11-12-39-24)5-4-10-26-23(25)30-32(37)38/h11-12,14-20,36H,4-10,13H2,1-3H3,(H,28,34)(H3,25,26,30)(H,27,29,35)/t16?,17?,18-,19-,20-/m0/s1. The topological polar surface area (TPSA) is 205 Å². The van der Waals surface area contributed by atoms with Crippen LogP contribution in [0.3, 0.4) is 0 Å². The van der Waals surface area contributed by atoms with E-state index in [2.05, 4.69) is 27.5 Å². The van der Waals surface area contributed by atoms with E-state index < -0.39 is 34.8 Å². The molecule has 0 unspecified atom stereocenters. The second-order valence-corrected chi connectivity index (χ2v) is 11.2. The number of amides is 3. The number of hydrogen-bond acceptors (Lipinski definition) is 9. The predicted molar refractivity (Wildman–Crippen MR) is 146 cm³/mol. The first kappa shape index (κ1) is 31.9. The predicted octanol–water partition coefficient (Wildman–Crippen LogP) is 2.15. The maximum atomic E-state index is 13.7. The molecule has 0 spiro atoms. The number of nitrogens with one attached hydrogen (secondary N) is 3. The highest BCUT2D eigenvalue weighted by Crippen LogP contribution is 2.35. The molecule has 2 rings (SSSR count). The minimum absolute atomic E-state index is 0.0808. The van der Waals surface area contributed by atoms with Crippen LogP contribution in [0.4, 0.5) is 5.13 Å². The summed E-state index contributed by atoms with van der Waals surface area (Å²) in [5, 5.41) is 28.2. The van der Waals surface area contributed by atoms with Gasteiger partial charge in [0, 0.05) is 18.1 Å². The lowest BCUT2D eigenvalue weighted by Gasteiger charge is -2.37. The molecule has 3 atom stereocenters. The average molecular weight is 569 g/mol. The summed E-state index contributed by atoms with van der Waals surface area (Å²) >= 11 is 1.23. The van der Waals surface area contributed by atoms with Gasteiger partial charge in [-0.15, -0.1) is 11.3 Å². The Labute approximate surface area is 231 Å². The van der Waals surface area contributed by atoms with Crippen molar-refractivity contribution in [3.05, 3.63) is 21.7 Å². The van der Waals surface area contributed by atoms with Crippen molar-refractivity contribution < 1.29 is 24.6 Å². The summed E-state index contributed by atoms with van der Waals surface area (Å²) in [6, 6.07) is -1.76. The molecule has 0 aromatic carbocycles. The lowest BCUT2D eigenvalue weighted by Crippen LogP contribution is -2.53. The van der Waals surface area contributed by atoms with Gasteiger partial charge in [0.15, 0.2) is 10.2 Å². The molecule has 1 aliphatic rings. The molecule has 1 heterocycles. The van der Waals surface area contributed by atoms with Gasteiger partial charge >= 0.3 is 0 Å². The molecule has 1 aromatic rings. The highest BCUT2D eigenvalue weighted by molar-refractivity contribution is 7.13. The third-order valence-corrected chi connectivity index (χ3v) is 7.69. The number of carbonyl (C=O) groups is 3. The zero-order valence-electron chi connectivity index (χ0n) is 22.6. The van der Waals surface area contributed by atoms with Gasteiger partial charge in [-0.1, -0.05) is 51.9 Å². The summed E-state index contributed by atoms with van der Waals surface area (Å²) in [6.07, 6.45) is 6.77. The zero-order chi connectivity index (χ0) is 28.9. The number of aromatic nitrogens is 1. The van der Waals surface area contributed by atoms with Gasteiger partial charge in [-0.25, -0.2) is 25.2 Å². The summed E-state index contributed by atoms with van der Waals surface area (Å²) in [5.74, 6) is -1.39. The van der Waals surface area contributed by atoms with Gasteiger partial charge in [0.05, 0.1) is 12.0 Å². The Bertz CT molecular complexity index is 968. The number of rotatable bonds is 15. The molecular formula is C24H40N8O6S. The fourth-order valence-electron chi connectivity index (χ4n) is 5.00. The number of nitrogens with zero attached hydrogens (tertiary/aromatic N) is 4. The van der Waals surface area contributed by atoms with Crippen molar-refractivity contribution in [1.29, 1.82) is 0 Å². The summed E-state index contributed by atoms with van der Waals surface area (Å²) < 4.78 is 0. The molecule has 0 aliphatic heterocycles. The summed E-state index contributed by atoms with van der Waals surface area (Å²) in [7, 11) is 0. The largest absolute Gasteiger partial charge is 0.365 e. The van der Waals surface area contributed by atoms with E-state index in [0.717, 1.165) is 25.7 Å². The van der Waals surface area contributed by atoms with E-state index in [-0.39, 0.29) is 37.2 Å². The van der Waals surface area contributed by atoms with Crippen molar-refractivity contribution in [2.75, 3.05) is 11.9 Å². The monoisotopic (exact) mass is 568 g/mol. The Morgan fingerprint density at radius 1 is 1.33 bits per heavy atom. The Morgan fingerprint density at radius 3 is 2.59 bits per heavy atom. The van der Waals surface area contributed by atoms with E-state index in [1.54, 1.807) is 10.8 Å². The van der Waals surface area contributed by atoms with Crippen LogP contribution in [0.1, 0.15) is 65.7 Å². The number of anilines is 1. The fraction of sp³-hybridized carbons (Fsp3) is 0.708. The molecule has 1 aliphatic carbocycles. The molecule has 0 saturated heterocycles. The molecule has 39 heavy (non-hydrogen) atoms. The number of nitro groups is 1. The number of guanidine groups is 1. The van der Waals surface area contributed by atoms with E-state index in [0.29, 0.717) is 28.9 Å². The molecule has 6 N–H and O–H groups in total. The molecule has 0 bridgehead atoms. The first-order valence-corrected chi connectivity index (χ1v) is 14.0. The molecule has 1 aromatic heterocycles. The highest BCUT2D eigenvalue weighted by atomic mass is 32.1. The highest BCUT2D eigenvalue weighted by Gasteiger charge is 2.38. The maximum absolute atomic E-state index is 13.7. The average Bonchev–Trinajstić information content (AvgIpc) is 3.38. The number of thiazole rings is 1. The lowest BCUT2D eigenvalue weighted by atomic mass is 9.75. The van der Waals surface area contributed by atoms with Crippen LogP contribution < -0.4 is 21.8 Å². The van der Waals surface area contributed by atoms with Crippen molar-refractivity contribution in [1.82, 2.24) is 20.8 Å². The number of hydrogen-bond donors (Lipinski definition) is 5. The van der Waals surface area contributed by atoms with Crippen molar-refractivity contribution in [3.63, 3.8) is 0 Å². The summed E-state index contributed by atoms with van der Waals surface area (Å²) in [4.78, 5) is 56.8. The van der Waals surface area contributed by atoms with Gasteiger partial charge in [-0.05, 0) is 37.0 Å². The Kier molecular flexibility index (Phi) is 13.0. The third kappa shape index (κ3) is 10.8. The van der Waals surface area contributed by atoms with Crippen LogP contribution in [-0.2, 0) is 14.4 Å². The van der Waals surface area contributed by atoms with E-state index in [9.17, 15) is 29.7 Å². The van der Waals surface area contributed by atoms with Crippen LogP contribution in [0.15, 0.2) is 16.6 Å². The molecule has 15 heteroatoms. The van der Waals surface area contributed by atoms with E-state index in [4.69, 9.17) is 5.73 Å². The van der Waals surface area contributed by atoms with Crippen LogP contribution in [0.25, 0.3) is 0 Å². The summed E-state index contributed by atoms with van der Waals surface area (Å²) in [5.41, 5.74) is 7.20. The number of aliphatic imine (C=N–C) groups is 1. The van der Waals surface area contributed by atoms with Gasteiger partial charge in [-0.3, -0.25) is 19.6 Å². The van der Waals surface area contributed by atoms with Crippen molar-refractivity contribution in [2.24, 2.45) is 34.4 Å². The molecule has 1 fully saturated rings. The smallest absolute Gasteiger partial charge is 0.251 e. The normalized spacial score (nSPS) is 20.0. The first-order valence-electron chi connectivity index (χ1n) is 13.2. The quantitative estimate of drug-likeness (QED) is 0.0399. The third-order valence-electron chi connectivity index (χ3n) is 7.00. The van der Waals surface area contributed by atoms with Crippen LogP contribution >= 0.6 is 11.3 Å². The molecule has 14 nitrogen and oxygen atoms in total. The van der Waals surface area contributed by atoms with E-state index in [1.165, 1.54) is 17.5 Å². The van der Waals surface area contributed by atoms with Gasteiger partial charge in [0.2, 0.25) is 18.2 Å². The van der Waals surface area contributed by atoms with Crippen LogP contribution in [-0.4, -0.2) is 63.1 Å². The van der Waals surface area contributed by atoms with Crippen LogP contribution in [0.2, 0.25) is 0 Å². The number of carbonyl (C=O) groups excluding carboxylic acids is 3. The van der Waals surface area contributed by atoms with Crippen molar-refractivity contribution >= 4 is 40.7 Å². The van der Waals surface area contributed by atoms with Crippen LogP contribution in [0.5, 0.6) is 0 Å². The minimum atomic E-state index is -0.980. The molecule has 3 amide bonds. The van der Waals surface area contributed by atoms with Gasteiger partial charge in [-0.2, -0.15) is 0 Å². The molecule has 1 saturated carbocycles. The minimum Gasteiger partial charge on any atom is -0.365 e. The maximum Gasteiger partial charge on any atom is 0.251 e. The molecule has 218 valence electrons. The zero-order valence-corrected chi connectivity index (χ0v) is 23.4. The Hall–Kier alpha value is -3.33. The Morgan fingerprint density at radius 2 is 2.03 bits per heavy atom. The number of hydroxylamine groups is 2. The van der Waals surface area contributed by atoms with Crippen LogP contribution in [0, 0.1) is 33.8 Å². The second-order valence-electron chi connectivity index (χ2n) is 10.4. The first-order chi connectivity index (χ1) is 18.5. The van der Waals surface area contributed by atoms with Gasteiger partial charge < -0.3 is 16.4 Å². The van der Waals surface area contributed by atoms with E-state index in [1.807, 2.05) is 13.8 Å². The summed E-state index contributed by atoms with van der Waals surface area (Å²) in [6.45, 7) is 5.94.